The smallest absolute Gasteiger partial charge is 0.416 e. The monoisotopic (exact) mass is 407 g/mol. The van der Waals surface area contributed by atoms with Crippen molar-refractivity contribution in [3.05, 3.63) is 70.2 Å². The summed E-state index contributed by atoms with van der Waals surface area (Å²) in [6, 6.07) is 9.93. The average Bonchev–Trinajstić information content (AvgIpc) is 3.14. The van der Waals surface area contributed by atoms with Crippen molar-refractivity contribution >= 4 is 17.2 Å². The Morgan fingerprint density at radius 3 is 2.57 bits per heavy atom. The van der Waals surface area contributed by atoms with Crippen LogP contribution in [0, 0.1) is 6.92 Å². The number of aryl methyl sites for hydroxylation is 1. The van der Waals surface area contributed by atoms with E-state index in [2.05, 4.69) is 10.4 Å². The van der Waals surface area contributed by atoms with E-state index in [9.17, 15) is 18.0 Å². The molecule has 0 atom stereocenters. The van der Waals surface area contributed by atoms with Crippen LogP contribution >= 0.6 is 11.3 Å². The SMILES string of the molecule is Cc1ccc(C(=O)NN)c(OCc2cnc(-c3ccc(C(F)(F)F)cc3)s2)c1. The fourth-order valence-corrected chi connectivity index (χ4v) is 3.30. The van der Waals surface area contributed by atoms with Crippen molar-refractivity contribution in [1.29, 1.82) is 0 Å². The van der Waals surface area contributed by atoms with E-state index in [0.29, 0.717) is 21.9 Å². The number of hydrazine groups is 1. The van der Waals surface area contributed by atoms with Crippen LogP contribution in [-0.4, -0.2) is 10.9 Å². The summed E-state index contributed by atoms with van der Waals surface area (Å²) in [4.78, 5) is 16.8. The maximum absolute atomic E-state index is 12.7. The first-order valence-corrected chi connectivity index (χ1v) is 8.96. The molecule has 9 heteroatoms. The summed E-state index contributed by atoms with van der Waals surface area (Å²) in [7, 11) is 0. The van der Waals surface area contributed by atoms with Gasteiger partial charge in [0.1, 0.15) is 17.4 Å². The molecule has 0 aliphatic rings. The Bertz CT molecular complexity index is 985. The molecule has 0 fully saturated rings. The second-order valence-corrected chi connectivity index (χ2v) is 7.08. The number of nitrogens with one attached hydrogen (secondary N) is 1. The lowest BCUT2D eigenvalue weighted by molar-refractivity contribution is -0.137. The minimum Gasteiger partial charge on any atom is -0.487 e. The van der Waals surface area contributed by atoms with Gasteiger partial charge in [-0.1, -0.05) is 18.2 Å². The Morgan fingerprint density at radius 1 is 1.21 bits per heavy atom. The van der Waals surface area contributed by atoms with Crippen molar-refractivity contribution < 1.29 is 22.7 Å². The molecule has 146 valence electrons. The molecule has 2 aromatic carbocycles. The summed E-state index contributed by atoms with van der Waals surface area (Å²) < 4.78 is 43.7. The number of benzene rings is 2. The van der Waals surface area contributed by atoms with E-state index in [1.54, 1.807) is 24.4 Å². The van der Waals surface area contributed by atoms with E-state index < -0.39 is 17.6 Å². The molecule has 5 nitrogen and oxygen atoms in total. The van der Waals surface area contributed by atoms with Gasteiger partial charge in [0, 0.05) is 11.8 Å². The van der Waals surface area contributed by atoms with Gasteiger partial charge in [0.25, 0.3) is 5.91 Å². The van der Waals surface area contributed by atoms with Crippen LogP contribution < -0.4 is 16.0 Å². The Morgan fingerprint density at radius 2 is 1.93 bits per heavy atom. The Kier molecular flexibility index (Phi) is 5.66. The predicted octanol–water partition coefficient (Wildman–Crippen LogP) is 4.32. The van der Waals surface area contributed by atoms with E-state index in [-0.39, 0.29) is 6.61 Å². The average molecular weight is 407 g/mol. The van der Waals surface area contributed by atoms with Gasteiger partial charge in [0.15, 0.2) is 0 Å². The third kappa shape index (κ3) is 4.49. The summed E-state index contributed by atoms with van der Waals surface area (Å²) >= 11 is 1.30. The fraction of sp³-hybridized carbons (Fsp3) is 0.158. The van der Waals surface area contributed by atoms with Gasteiger partial charge in [-0.2, -0.15) is 13.2 Å². The number of hydrogen-bond acceptors (Lipinski definition) is 5. The highest BCUT2D eigenvalue weighted by Gasteiger charge is 2.30. The molecule has 0 bridgehead atoms. The van der Waals surface area contributed by atoms with Gasteiger partial charge in [-0.25, -0.2) is 10.8 Å². The zero-order valence-electron chi connectivity index (χ0n) is 14.7. The highest BCUT2D eigenvalue weighted by atomic mass is 32.1. The van der Waals surface area contributed by atoms with Crippen molar-refractivity contribution in [2.75, 3.05) is 0 Å². The first kappa shape index (κ1) is 19.8. The number of nitrogen functional groups attached to an aromatic ring is 1. The van der Waals surface area contributed by atoms with E-state index >= 15 is 0 Å². The molecule has 0 saturated carbocycles. The van der Waals surface area contributed by atoms with Crippen LogP contribution in [0.2, 0.25) is 0 Å². The minimum atomic E-state index is -4.37. The third-order valence-electron chi connectivity index (χ3n) is 3.90. The lowest BCUT2D eigenvalue weighted by Crippen LogP contribution is -2.30. The number of carbonyl (C=O) groups is 1. The highest BCUT2D eigenvalue weighted by molar-refractivity contribution is 7.15. The topological polar surface area (TPSA) is 77.2 Å². The number of rotatable bonds is 5. The van der Waals surface area contributed by atoms with Gasteiger partial charge in [-0.05, 0) is 36.8 Å². The Hall–Kier alpha value is -2.91. The molecule has 28 heavy (non-hydrogen) atoms. The van der Waals surface area contributed by atoms with Gasteiger partial charge in [0.05, 0.1) is 16.0 Å². The largest absolute Gasteiger partial charge is 0.487 e. The number of thiazole rings is 1. The molecule has 0 aliphatic heterocycles. The Balaban J connectivity index is 1.74. The number of carbonyl (C=O) groups excluding carboxylic acids is 1. The zero-order chi connectivity index (χ0) is 20.3. The maximum Gasteiger partial charge on any atom is 0.416 e. The van der Waals surface area contributed by atoms with Crippen LogP contribution in [0.15, 0.2) is 48.7 Å². The van der Waals surface area contributed by atoms with Crippen LogP contribution in [0.5, 0.6) is 5.75 Å². The van der Waals surface area contributed by atoms with Crippen LogP contribution in [0.4, 0.5) is 13.2 Å². The molecule has 3 N–H and O–H groups in total. The highest BCUT2D eigenvalue weighted by Crippen LogP contribution is 2.32. The molecule has 1 amide bonds. The van der Waals surface area contributed by atoms with Crippen molar-refractivity contribution in [1.82, 2.24) is 10.4 Å². The minimum absolute atomic E-state index is 0.159. The zero-order valence-corrected chi connectivity index (χ0v) is 15.5. The van der Waals surface area contributed by atoms with Gasteiger partial charge in [-0.3, -0.25) is 10.2 Å². The molecular weight excluding hydrogens is 391 g/mol. The first-order chi connectivity index (χ1) is 13.3. The molecule has 0 saturated heterocycles. The molecule has 1 heterocycles. The van der Waals surface area contributed by atoms with Crippen molar-refractivity contribution in [3.63, 3.8) is 0 Å². The number of alkyl halides is 3. The molecule has 0 unspecified atom stereocenters. The van der Waals surface area contributed by atoms with Gasteiger partial charge in [-0.15, -0.1) is 11.3 Å². The van der Waals surface area contributed by atoms with Crippen molar-refractivity contribution in [3.8, 4) is 16.3 Å². The Labute approximate surface area is 162 Å². The maximum atomic E-state index is 12.7. The summed E-state index contributed by atoms with van der Waals surface area (Å²) in [5.41, 5.74) is 3.17. The fourth-order valence-electron chi connectivity index (χ4n) is 2.47. The number of ether oxygens (including phenoxy) is 1. The predicted molar refractivity (Wildman–Crippen MR) is 99.7 cm³/mol. The van der Waals surface area contributed by atoms with Gasteiger partial charge < -0.3 is 4.74 Å². The molecule has 0 radical (unpaired) electrons. The van der Waals surface area contributed by atoms with Crippen LogP contribution in [0.25, 0.3) is 10.6 Å². The van der Waals surface area contributed by atoms with Gasteiger partial charge >= 0.3 is 6.18 Å². The van der Waals surface area contributed by atoms with Crippen molar-refractivity contribution in [2.45, 2.75) is 19.7 Å². The normalized spacial score (nSPS) is 11.3. The second kappa shape index (κ2) is 7.99. The lowest BCUT2D eigenvalue weighted by Gasteiger charge is -2.10. The molecular formula is C19H16F3N3O2S. The molecule has 0 spiro atoms. The number of halogens is 3. The van der Waals surface area contributed by atoms with Crippen molar-refractivity contribution in [2.24, 2.45) is 5.84 Å². The van der Waals surface area contributed by atoms with E-state index in [1.807, 2.05) is 6.92 Å². The summed E-state index contributed by atoms with van der Waals surface area (Å²) in [5, 5.41) is 0.580. The number of nitrogens with two attached hydrogens (primary N) is 1. The summed E-state index contributed by atoms with van der Waals surface area (Å²) in [6.07, 6.45) is -2.78. The lowest BCUT2D eigenvalue weighted by atomic mass is 10.1. The number of aromatic nitrogens is 1. The summed E-state index contributed by atoms with van der Waals surface area (Å²) in [5.74, 6) is 5.10. The molecule has 3 aromatic rings. The number of amides is 1. The molecule has 0 aliphatic carbocycles. The van der Waals surface area contributed by atoms with E-state index in [1.165, 1.54) is 23.5 Å². The number of hydrogen-bond donors (Lipinski definition) is 2. The standard InChI is InChI=1S/C19H16F3N3O2S/c1-11-2-7-15(17(26)25-23)16(8-11)27-10-14-9-24-18(28-14)12-3-5-13(6-4-12)19(20,21)22/h2-9H,10,23H2,1H3,(H,25,26). The number of nitrogens with zero attached hydrogens (tertiary/aromatic N) is 1. The molecule has 1 aromatic heterocycles. The summed E-state index contributed by atoms with van der Waals surface area (Å²) in [6.45, 7) is 2.03. The first-order valence-electron chi connectivity index (χ1n) is 8.14. The molecule has 3 rings (SSSR count). The van der Waals surface area contributed by atoms with E-state index in [0.717, 1.165) is 22.6 Å². The van der Waals surface area contributed by atoms with Gasteiger partial charge in [0.2, 0.25) is 0 Å². The second-order valence-electron chi connectivity index (χ2n) is 5.97. The van der Waals surface area contributed by atoms with E-state index in [4.69, 9.17) is 10.6 Å². The third-order valence-corrected chi connectivity index (χ3v) is 4.92. The van der Waals surface area contributed by atoms with Crippen LogP contribution in [0.3, 0.4) is 0 Å². The van der Waals surface area contributed by atoms with Crippen LogP contribution in [-0.2, 0) is 12.8 Å². The van der Waals surface area contributed by atoms with Crippen LogP contribution in [0.1, 0.15) is 26.4 Å². The quantitative estimate of drug-likeness (QED) is 0.375.